The van der Waals surface area contributed by atoms with Crippen molar-refractivity contribution < 1.29 is 14.7 Å². The van der Waals surface area contributed by atoms with Crippen LogP contribution >= 0.6 is 0 Å². The molecule has 5 heteroatoms. The van der Waals surface area contributed by atoms with Crippen molar-refractivity contribution >= 4 is 17.5 Å². The Kier molecular flexibility index (Phi) is 3.85. The van der Waals surface area contributed by atoms with E-state index in [4.69, 9.17) is 5.73 Å². The monoisotopic (exact) mass is 262 g/mol. The van der Waals surface area contributed by atoms with E-state index in [1.807, 2.05) is 0 Å². The molecule has 0 heterocycles. The SMILES string of the molecule is Cc1cccc(NC(=O)[C@@H]2CC[C@@H](O)C2)c1C(N)=O. The highest BCUT2D eigenvalue weighted by Crippen LogP contribution is 2.27. The average Bonchev–Trinajstić information content (AvgIpc) is 2.75. The van der Waals surface area contributed by atoms with E-state index < -0.39 is 12.0 Å². The molecule has 1 aliphatic rings. The van der Waals surface area contributed by atoms with Gasteiger partial charge < -0.3 is 16.2 Å². The van der Waals surface area contributed by atoms with Gasteiger partial charge >= 0.3 is 0 Å². The molecular weight excluding hydrogens is 244 g/mol. The molecule has 0 saturated heterocycles. The molecule has 0 unspecified atom stereocenters. The molecule has 0 bridgehead atoms. The summed E-state index contributed by atoms with van der Waals surface area (Å²) in [4.78, 5) is 23.5. The molecule has 4 N–H and O–H groups in total. The second-order valence-electron chi connectivity index (χ2n) is 5.01. The lowest BCUT2D eigenvalue weighted by Crippen LogP contribution is -2.24. The number of carbonyl (C=O) groups excluding carboxylic acids is 2. The summed E-state index contributed by atoms with van der Waals surface area (Å²) in [7, 11) is 0. The van der Waals surface area contributed by atoms with Gasteiger partial charge in [0.15, 0.2) is 0 Å². The van der Waals surface area contributed by atoms with Crippen molar-refractivity contribution in [2.24, 2.45) is 11.7 Å². The van der Waals surface area contributed by atoms with Gasteiger partial charge in [-0.15, -0.1) is 0 Å². The number of nitrogens with two attached hydrogens (primary N) is 1. The van der Waals surface area contributed by atoms with Crippen LogP contribution in [0.2, 0.25) is 0 Å². The Hall–Kier alpha value is -1.88. The lowest BCUT2D eigenvalue weighted by Gasteiger charge is -2.14. The molecule has 1 saturated carbocycles. The second-order valence-corrected chi connectivity index (χ2v) is 5.01. The third kappa shape index (κ3) is 2.93. The molecule has 5 nitrogen and oxygen atoms in total. The van der Waals surface area contributed by atoms with Crippen LogP contribution in [0.15, 0.2) is 18.2 Å². The summed E-state index contributed by atoms with van der Waals surface area (Å²) in [6.07, 6.45) is 1.40. The summed E-state index contributed by atoms with van der Waals surface area (Å²) in [6.45, 7) is 1.77. The van der Waals surface area contributed by atoms with E-state index in [2.05, 4.69) is 5.32 Å². The van der Waals surface area contributed by atoms with Gasteiger partial charge in [-0.25, -0.2) is 0 Å². The number of aryl methyl sites for hydroxylation is 1. The molecule has 0 radical (unpaired) electrons. The minimum absolute atomic E-state index is 0.162. The first-order valence-corrected chi connectivity index (χ1v) is 6.37. The fraction of sp³-hybridized carbons (Fsp3) is 0.429. The van der Waals surface area contributed by atoms with E-state index >= 15 is 0 Å². The largest absolute Gasteiger partial charge is 0.393 e. The predicted octanol–water partition coefficient (Wildman–Crippen LogP) is 1.19. The summed E-state index contributed by atoms with van der Waals surface area (Å²) >= 11 is 0. The molecular formula is C14H18N2O3. The molecule has 0 spiro atoms. The molecule has 0 aliphatic heterocycles. The first kappa shape index (κ1) is 13.5. The quantitative estimate of drug-likeness (QED) is 0.764. The molecule has 0 aromatic heterocycles. The van der Waals surface area contributed by atoms with E-state index in [0.29, 0.717) is 30.5 Å². The third-order valence-corrected chi connectivity index (χ3v) is 3.55. The summed E-state index contributed by atoms with van der Waals surface area (Å²) in [5, 5.41) is 12.2. The normalized spacial score (nSPS) is 22.2. The number of anilines is 1. The lowest BCUT2D eigenvalue weighted by atomic mass is 10.0. The maximum Gasteiger partial charge on any atom is 0.251 e. The van der Waals surface area contributed by atoms with Gasteiger partial charge in [0.1, 0.15) is 0 Å². The van der Waals surface area contributed by atoms with Crippen LogP contribution in [0.25, 0.3) is 0 Å². The van der Waals surface area contributed by atoms with E-state index in [0.717, 1.165) is 5.56 Å². The van der Waals surface area contributed by atoms with E-state index in [1.54, 1.807) is 25.1 Å². The number of carbonyl (C=O) groups is 2. The Morgan fingerprint density at radius 3 is 2.68 bits per heavy atom. The molecule has 1 fully saturated rings. The van der Waals surface area contributed by atoms with Crippen molar-refractivity contribution in [3.8, 4) is 0 Å². The van der Waals surface area contributed by atoms with Crippen LogP contribution in [0, 0.1) is 12.8 Å². The van der Waals surface area contributed by atoms with Gasteiger partial charge in [-0.05, 0) is 37.8 Å². The van der Waals surface area contributed by atoms with Crippen LogP contribution in [-0.2, 0) is 4.79 Å². The minimum atomic E-state index is -0.556. The van der Waals surface area contributed by atoms with Gasteiger partial charge in [0.25, 0.3) is 5.91 Å². The fourth-order valence-electron chi connectivity index (χ4n) is 2.53. The van der Waals surface area contributed by atoms with Crippen molar-refractivity contribution in [2.75, 3.05) is 5.32 Å². The van der Waals surface area contributed by atoms with Crippen molar-refractivity contribution in [1.29, 1.82) is 0 Å². The maximum atomic E-state index is 12.1. The highest BCUT2D eigenvalue weighted by atomic mass is 16.3. The van der Waals surface area contributed by atoms with Gasteiger partial charge in [0.05, 0.1) is 17.4 Å². The molecule has 2 atom stereocenters. The zero-order valence-electron chi connectivity index (χ0n) is 10.8. The van der Waals surface area contributed by atoms with Crippen LogP contribution in [0.5, 0.6) is 0 Å². The van der Waals surface area contributed by atoms with Crippen molar-refractivity contribution in [2.45, 2.75) is 32.3 Å². The van der Waals surface area contributed by atoms with E-state index in [-0.39, 0.29) is 11.8 Å². The summed E-state index contributed by atoms with van der Waals surface area (Å²) in [5.74, 6) is -0.916. The maximum absolute atomic E-state index is 12.1. The Balaban J connectivity index is 2.17. The molecule has 1 aromatic rings. The molecule has 2 amide bonds. The zero-order valence-corrected chi connectivity index (χ0v) is 10.8. The van der Waals surface area contributed by atoms with Crippen LogP contribution in [0.4, 0.5) is 5.69 Å². The fourth-order valence-corrected chi connectivity index (χ4v) is 2.53. The van der Waals surface area contributed by atoms with Gasteiger partial charge in [-0.2, -0.15) is 0 Å². The summed E-state index contributed by atoms with van der Waals surface area (Å²) < 4.78 is 0. The zero-order chi connectivity index (χ0) is 14.0. The standard InChI is InChI=1S/C14H18N2O3/c1-8-3-2-4-11(12(8)13(15)18)16-14(19)9-5-6-10(17)7-9/h2-4,9-10,17H,5-7H2,1H3,(H2,15,18)(H,16,19)/t9-,10-/m1/s1. The second kappa shape index (κ2) is 5.40. The van der Waals surface area contributed by atoms with E-state index in [9.17, 15) is 14.7 Å². The van der Waals surface area contributed by atoms with Crippen molar-refractivity contribution in [1.82, 2.24) is 0 Å². The number of hydrogen-bond donors (Lipinski definition) is 3. The Labute approximate surface area is 111 Å². The number of nitrogens with one attached hydrogen (secondary N) is 1. The summed E-state index contributed by atoms with van der Waals surface area (Å²) in [5.41, 5.74) is 6.85. The first-order valence-electron chi connectivity index (χ1n) is 6.37. The first-order chi connectivity index (χ1) is 8.99. The topological polar surface area (TPSA) is 92.4 Å². The van der Waals surface area contributed by atoms with E-state index in [1.165, 1.54) is 0 Å². The highest BCUT2D eigenvalue weighted by molar-refractivity contribution is 6.04. The smallest absolute Gasteiger partial charge is 0.251 e. The number of hydrogen-bond acceptors (Lipinski definition) is 3. The Morgan fingerprint density at radius 2 is 2.11 bits per heavy atom. The lowest BCUT2D eigenvalue weighted by molar-refractivity contribution is -0.119. The molecule has 19 heavy (non-hydrogen) atoms. The summed E-state index contributed by atoms with van der Waals surface area (Å²) in [6, 6.07) is 5.20. The van der Waals surface area contributed by atoms with Crippen LogP contribution in [0.3, 0.4) is 0 Å². The van der Waals surface area contributed by atoms with Gasteiger partial charge in [-0.1, -0.05) is 12.1 Å². The Bertz CT molecular complexity index is 513. The third-order valence-electron chi connectivity index (χ3n) is 3.55. The van der Waals surface area contributed by atoms with Crippen molar-refractivity contribution in [3.63, 3.8) is 0 Å². The average molecular weight is 262 g/mol. The van der Waals surface area contributed by atoms with Crippen LogP contribution < -0.4 is 11.1 Å². The predicted molar refractivity (Wildman–Crippen MR) is 71.7 cm³/mol. The van der Waals surface area contributed by atoms with Gasteiger partial charge in [0, 0.05) is 5.92 Å². The van der Waals surface area contributed by atoms with Crippen molar-refractivity contribution in [3.05, 3.63) is 29.3 Å². The Morgan fingerprint density at radius 1 is 1.37 bits per heavy atom. The van der Waals surface area contributed by atoms with Gasteiger partial charge in [0.2, 0.25) is 5.91 Å². The number of aliphatic hydroxyl groups excluding tert-OH is 1. The molecule has 1 aliphatic carbocycles. The van der Waals surface area contributed by atoms with Crippen LogP contribution in [0.1, 0.15) is 35.2 Å². The van der Waals surface area contributed by atoms with Gasteiger partial charge in [-0.3, -0.25) is 9.59 Å². The number of benzene rings is 1. The highest BCUT2D eigenvalue weighted by Gasteiger charge is 2.29. The minimum Gasteiger partial charge on any atom is -0.393 e. The number of amides is 2. The molecule has 1 aromatic carbocycles. The molecule has 2 rings (SSSR count). The number of primary amides is 1. The van der Waals surface area contributed by atoms with Crippen LogP contribution in [-0.4, -0.2) is 23.0 Å². The molecule has 102 valence electrons. The number of rotatable bonds is 3. The number of aliphatic hydroxyl groups is 1.